The number of sulfonamides is 1. The smallest absolute Gasteiger partial charge is 0.342 e. The molecule has 0 aliphatic carbocycles. The predicted molar refractivity (Wildman–Crippen MR) is 141 cm³/mol. The number of benzene rings is 2. The van der Waals surface area contributed by atoms with Crippen LogP contribution in [0, 0.1) is 6.92 Å². The van der Waals surface area contributed by atoms with Crippen LogP contribution in [0.2, 0.25) is 0 Å². The second-order valence-electron chi connectivity index (χ2n) is 9.04. The molecule has 0 radical (unpaired) electrons. The van der Waals surface area contributed by atoms with Crippen molar-refractivity contribution < 1.29 is 27.0 Å². The van der Waals surface area contributed by atoms with Crippen LogP contribution >= 0.6 is 7.68 Å². The van der Waals surface area contributed by atoms with Crippen LogP contribution < -0.4 is 19.1 Å². The van der Waals surface area contributed by atoms with Crippen LogP contribution in [0.4, 0.5) is 11.4 Å². The maximum atomic E-state index is 14.0. The van der Waals surface area contributed by atoms with Gasteiger partial charge in [-0.05, 0) is 70.5 Å². The molecule has 37 heavy (non-hydrogen) atoms. The number of hydrogen-bond acceptors (Lipinski definition) is 9. The van der Waals surface area contributed by atoms with Crippen molar-refractivity contribution in [2.45, 2.75) is 50.9 Å². The summed E-state index contributed by atoms with van der Waals surface area (Å²) in [6.07, 6.45) is 2.86. The Hall–Kier alpha value is -3.43. The van der Waals surface area contributed by atoms with E-state index in [9.17, 15) is 17.5 Å². The Labute approximate surface area is 217 Å². The first-order valence-corrected chi connectivity index (χ1v) is 14.3. The highest BCUT2D eigenvalue weighted by Crippen LogP contribution is 2.43. The normalized spacial score (nSPS) is 11.7. The first-order chi connectivity index (χ1) is 17.4. The summed E-state index contributed by atoms with van der Waals surface area (Å²) in [4.78, 5) is -0.132. The lowest BCUT2D eigenvalue weighted by molar-refractivity contribution is 0.236. The van der Waals surface area contributed by atoms with Crippen LogP contribution in [0.3, 0.4) is 0 Å². The average molecular weight is 547 g/mol. The van der Waals surface area contributed by atoms with Gasteiger partial charge < -0.3 is 14.8 Å². The molecule has 0 atom stereocenters. The summed E-state index contributed by atoms with van der Waals surface area (Å²) in [7, 11) is -7.59. The van der Waals surface area contributed by atoms with Crippen LogP contribution in [0.15, 0.2) is 65.8 Å². The number of rotatable bonds is 12. The summed E-state index contributed by atoms with van der Waals surface area (Å²) in [5.41, 5.74) is 1.64. The minimum atomic E-state index is -4.38. The number of nitrogens with zero attached hydrogens (tertiary/aromatic N) is 3. The summed E-state index contributed by atoms with van der Waals surface area (Å²) < 4.78 is 65.3. The van der Waals surface area contributed by atoms with Gasteiger partial charge in [-0.2, -0.15) is 10.2 Å². The van der Waals surface area contributed by atoms with Crippen molar-refractivity contribution in [3.05, 3.63) is 66.5 Å². The number of nitrogens with one attached hydrogen (secondary N) is 1. The lowest BCUT2D eigenvalue weighted by atomic mass is 10.2. The van der Waals surface area contributed by atoms with Gasteiger partial charge in [-0.25, -0.2) is 21.9 Å². The molecule has 0 saturated carbocycles. The van der Waals surface area contributed by atoms with Gasteiger partial charge >= 0.3 is 7.68 Å². The third-order valence-corrected chi connectivity index (χ3v) is 8.50. The molecular weight excluding hydrogens is 515 g/mol. The van der Waals surface area contributed by atoms with Gasteiger partial charge in [0.2, 0.25) is 0 Å². The Morgan fingerprint density at radius 3 is 2.46 bits per heavy atom. The van der Waals surface area contributed by atoms with E-state index in [2.05, 4.69) is 15.5 Å². The lowest BCUT2D eigenvalue weighted by Gasteiger charge is -2.34. The van der Waals surface area contributed by atoms with E-state index in [4.69, 9.17) is 9.47 Å². The molecule has 0 fully saturated rings. The van der Waals surface area contributed by atoms with Crippen molar-refractivity contribution in [2.75, 3.05) is 22.8 Å². The molecule has 0 saturated heterocycles. The molecule has 0 unspecified atom stereocenters. The van der Waals surface area contributed by atoms with Crippen molar-refractivity contribution in [2.24, 2.45) is 0 Å². The molecule has 1 aromatic heterocycles. The zero-order valence-electron chi connectivity index (χ0n) is 21.4. The molecule has 0 aliphatic rings. The maximum Gasteiger partial charge on any atom is 0.342 e. The van der Waals surface area contributed by atoms with E-state index < -0.39 is 23.0 Å². The summed E-state index contributed by atoms with van der Waals surface area (Å²) in [6.45, 7) is 8.75. The van der Waals surface area contributed by atoms with Gasteiger partial charge in [0.1, 0.15) is 23.0 Å². The number of ether oxygens (including phenoxy) is 2. The van der Waals surface area contributed by atoms with Crippen molar-refractivity contribution in [1.29, 1.82) is 0 Å². The maximum absolute atomic E-state index is 14.0. The molecule has 0 spiro atoms. The molecule has 10 nitrogen and oxygen atoms in total. The van der Waals surface area contributed by atoms with Gasteiger partial charge in [0, 0.05) is 12.6 Å². The third kappa shape index (κ3) is 6.87. The zero-order valence-corrected chi connectivity index (χ0v) is 23.1. The first kappa shape index (κ1) is 28.1. The number of aromatic nitrogens is 2. The quantitative estimate of drug-likeness (QED) is 0.242. The standard InChI is InChI=1S/C25H31N4O6PS/c1-18(2)35-23-8-6-7-9-24(23)37(32,33)29(25(4,5)36(30)31)21-14-19(3)15-22(16-21)34-13-12-26-20-10-11-27-28-17-20/h6-11,14-18H,12-13H2,1-5H3,(H,26,27). The average Bonchev–Trinajstić information content (AvgIpc) is 2.82. The Bertz CT molecular complexity index is 1390. The molecule has 1 heterocycles. The molecule has 0 amide bonds. The highest BCUT2D eigenvalue weighted by atomic mass is 32.2. The van der Waals surface area contributed by atoms with E-state index in [1.165, 1.54) is 26.0 Å². The van der Waals surface area contributed by atoms with Crippen molar-refractivity contribution in [3.63, 3.8) is 0 Å². The Kier molecular flexibility index (Phi) is 8.94. The molecule has 0 bridgehead atoms. The topological polar surface area (TPSA) is 128 Å². The van der Waals surface area contributed by atoms with Gasteiger partial charge in [-0.15, -0.1) is 0 Å². The molecule has 12 heteroatoms. The number of anilines is 2. The second-order valence-corrected chi connectivity index (χ2v) is 12.4. The summed E-state index contributed by atoms with van der Waals surface area (Å²) >= 11 is 0. The van der Waals surface area contributed by atoms with Crippen LogP contribution in [0.25, 0.3) is 0 Å². The van der Waals surface area contributed by atoms with E-state index in [1.807, 2.05) is 0 Å². The van der Waals surface area contributed by atoms with Gasteiger partial charge in [-0.3, -0.25) is 0 Å². The summed E-state index contributed by atoms with van der Waals surface area (Å²) in [5.74, 6) is 0.536. The Morgan fingerprint density at radius 2 is 1.81 bits per heavy atom. The Balaban J connectivity index is 1.99. The first-order valence-electron chi connectivity index (χ1n) is 11.6. The fraction of sp³-hybridized carbons (Fsp3) is 0.360. The highest BCUT2D eigenvalue weighted by molar-refractivity contribution is 7.93. The number of hydrogen-bond donors (Lipinski definition) is 1. The van der Waals surface area contributed by atoms with Gasteiger partial charge in [0.25, 0.3) is 10.0 Å². The zero-order chi connectivity index (χ0) is 27.2. The molecule has 3 rings (SSSR count). The summed E-state index contributed by atoms with van der Waals surface area (Å²) in [5, 5.41) is 8.88. The van der Waals surface area contributed by atoms with E-state index in [-0.39, 0.29) is 29.0 Å². The fourth-order valence-electron chi connectivity index (χ4n) is 3.62. The molecule has 0 aliphatic heterocycles. The predicted octanol–water partition coefficient (Wildman–Crippen LogP) is 5.17. The van der Waals surface area contributed by atoms with E-state index >= 15 is 0 Å². The van der Waals surface area contributed by atoms with Crippen LogP contribution in [0.5, 0.6) is 11.5 Å². The fourth-order valence-corrected chi connectivity index (χ4v) is 6.20. The highest BCUT2D eigenvalue weighted by Gasteiger charge is 2.43. The monoisotopic (exact) mass is 546 g/mol. The van der Waals surface area contributed by atoms with Crippen LogP contribution in [-0.2, 0) is 19.2 Å². The van der Waals surface area contributed by atoms with Crippen molar-refractivity contribution in [3.8, 4) is 11.5 Å². The molecule has 3 aromatic rings. The van der Waals surface area contributed by atoms with E-state index in [0.29, 0.717) is 17.9 Å². The Morgan fingerprint density at radius 1 is 1.08 bits per heavy atom. The molecular formula is C25H31N4O6PS. The molecule has 198 valence electrons. The minimum absolute atomic E-state index is 0.132. The van der Waals surface area contributed by atoms with E-state index in [0.717, 1.165) is 9.99 Å². The van der Waals surface area contributed by atoms with Gasteiger partial charge in [0.05, 0.1) is 29.9 Å². The van der Waals surface area contributed by atoms with Crippen molar-refractivity contribution >= 4 is 29.1 Å². The van der Waals surface area contributed by atoms with Crippen molar-refractivity contribution in [1.82, 2.24) is 10.2 Å². The van der Waals surface area contributed by atoms with Crippen LogP contribution in [0.1, 0.15) is 33.3 Å². The molecule has 1 N–H and O–H groups in total. The molecule has 2 aromatic carbocycles. The van der Waals surface area contributed by atoms with Gasteiger partial charge in [0.15, 0.2) is 5.28 Å². The number of para-hydroxylation sites is 1. The lowest BCUT2D eigenvalue weighted by Crippen LogP contribution is -2.45. The van der Waals surface area contributed by atoms with Crippen LogP contribution in [-0.4, -0.2) is 43.2 Å². The number of aryl methyl sites for hydroxylation is 1. The largest absolute Gasteiger partial charge is 0.492 e. The second kappa shape index (κ2) is 11.7. The van der Waals surface area contributed by atoms with Gasteiger partial charge in [-0.1, -0.05) is 12.1 Å². The minimum Gasteiger partial charge on any atom is -0.492 e. The third-order valence-electron chi connectivity index (χ3n) is 5.23. The van der Waals surface area contributed by atoms with E-state index in [1.54, 1.807) is 69.6 Å². The SMILES string of the molecule is Cc1cc(OCCNc2ccnnc2)cc(N(C(C)(C)P(=O)=O)S(=O)(=O)c2ccccc2OC(C)C)c1. The summed E-state index contributed by atoms with van der Waals surface area (Å²) in [6, 6.07) is 12.8.